The molecule has 20 heavy (non-hydrogen) atoms. The first kappa shape index (κ1) is 14.4. The molecule has 1 atom stereocenters. The molecule has 1 aliphatic heterocycles. The highest BCUT2D eigenvalue weighted by Crippen LogP contribution is 2.22. The molecule has 1 aromatic rings. The number of likely N-dealkylation sites (tertiary alicyclic amines) is 1. The third kappa shape index (κ3) is 2.94. The van der Waals surface area contributed by atoms with Gasteiger partial charge in [-0.05, 0) is 12.8 Å². The van der Waals surface area contributed by atoms with Crippen molar-refractivity contribution in [2.24, 2.45) is 5.73 Å². The molecule has 1 fully saturated rings. The van der Waals surface area contributed by atoms with E-state index in [-0.39, 0.29) is 12.2 Å². The van der Waals surface area contributed by atoms with E-state index in [9.17, 15) is 14.9 Å². The van der Waals surface area contributed by atoms with Gasteiger partial charge in [0.25, 0.3) is 5.69 Å². The zero-order valence-electron chi connectivity index (χ0n) is 11.0. The van der Waals surface area contributed by atoms with E-state index in [0.29, 0.717) is 31.5 Å². The van der Waals surface area contributed by atoms with Gasteiger partial charge in [0.05, 0.1) is 4.92 Å². The number of nitro groups is 1. The lowest BCUT2D eigenvalue weighted by molar-refractivity contribution is -0.385. The normalized spacial score (nSPS) is 22.9. The van der Waals surface area contributed by atoms with Crippen molar-refractivity contribution in [3.8, 4) is 0 Å². The van der Waals surface area contributed by atoms with Gasteiger partial charge in [-0.3, -0.25) is 14.9 Å². The number of hydrogen-bond acceptors (Lipinski definition) is 5. The summed E-state index contributed by atoms with van der Waals surface area (Å²) in [7, 11) is 0. The van der Waals surface area contributed by atoms with Gasteiger partial charge in [-0.1, -0.05) is 18.2 Å². The summed E-state index contributed by atoms with van der Waals surface area (Å²) in [5.41, 5.74) is 5.35. The average Bonchev–Trinajstić information content (AvgIpc) is 2.80. The first-order valence-electron chi connectivity index (χ1n) is 6.39. The smallest absolute Gasteiger partial charge is 0.325 e. The molecule has 0 saturated carbocycles. The lowest BCUT2D eigenvalue weighted by Crippen LogP contribution is -2.50. The number of benzene rings is 1. The van der Waals surface area contributed by atoms with Gasteiger partial charge in [-0.25, -0.2) is 0 Å². The van der Waals surface area contributed by atoms with E-state index in [0.717, 1.165) is 0 Å². The monoisotopic (exact) mass is 279 g/mol. The van der Waals surface area contributed by atoms with Crippen molar-refractivity contribution in [1.29, 1.82) is 0 Å². The molecule has 0 bridgehead atoms. The summed E-state index contributed by atoms with van der Waals surface area (Å²) in [6.45, 7) is 1.45. The first-order chi connectivity index (χ1) is 9.42. The largest absolute Gasteiger partial charge is 0.480 e. The molecule has 1 aromatic carbocycles. The lowest BCUT2D eigenvalue weighted by Gasteiger charge is -2.19. The minimum absolute atomic E-state index is 0.101. The summed E-state index contributed by atoms with van der Waals surface area (Å²) >= 11 is 0. The molecule has 0 aromatic heterocycles. The van der Waals surface area contributed by atoms with E-state index < -0.39 is 16.4 Å². The highest BCUT2D eigenvalue weighted by molar-refractivity contribution is 5.79. The summed E-state index contributed by atoms with van der Waals surface area (Å²) in [6, 6.07) is 6.59. The van der Waals surface area contributed by atoms with E-state index in [1.54, 1.807) is 18.2 Å². The maximum atomic E-state index is 11.0. The number of rotatable bonds is 5. The fourth-order valence-corrected chi connectivity index (χ4v) is 2.46. The number of hydrogen-bond donors (Lipinski definition) is 2. The molecule has 1 unspecified atom stereocenters. The maximum Gasteiger partial charge on any atom is 0.325 e. The van der Waals surface area contributed by atoms with Crippen molar-refractivity contribution in [2.75, 3.05) is 19.6 Å². The predicted molar refractivity (Wildman–Crippen MR) is 72.4 cm³/mol. The van der Waals surface area contributed by atoms with Gasteiger partial charge in [-0.2, -0.15) is 0 Å². The Kier molecular flexibility index (Phi) is 4.01. The Morgan fingerprint density at radius 1 is 1.50 bits per heavy atom. The molecule has 1 heterocycles. The Balaban J connectivity index is 1.98. The Hall–Kier alpha value is -1.99. The predicted octanol–water partition coefficient (Wildman–Crippen LogP) is 0.625. The Bertz CT molecular complexity index is 534. The van der Waals surface area contributed by atoms with Crippen molar-refractivity contribution >= 4 is 11.7 Å². The van der Waals surface area contributed by atoms with Crippen molar-refractivity contribution in [1.82, 2.24) is 4.90 Å². The van der Waals surface area contributed by atoms with Crippen molar-refractivity contribution < 1.29 is 14.8 Å². The van der Waals surface area contributed by atoms with Crippen LogP contribution < -0.4 is 5.73 Å². The van der Waals surface area contributed by atoms with Crippen LogP contribution in [0.2, 0.25) is 0 Å². The molecule has 0 radical (unpaired) electrons. The van der Waals surface area contributed by atoms with E-state index in [2.05, 4.69) is 0 Å². The molecule has 0 aliphatic carbocycles. The SMILES string of the molecule is NC1(C(=O)O)CCN(CCc2ccccc2[N+](=O)[O-])C1. The van der Waals surface area contributed by atoms with E-state index in [1.807, 2.05) is 4.90 Å². The molecule has 0 spiro atoms. The van der Waals surface area contributed by atoms with Gasteiger partial charge in [0.1, 0.15) is 5.54 Å². The average molecular weight is 279 g/mol. The second kappa shape index (κ2) is 5.56. The molecule has 7 heteroatoms. The molecule has 1 aliphatic rings. The molecule has 7 nitrogen and oxygen atoms in total. The summed E-state index contributed by atoms with van der Waals surface area (Å²) in [4.78, 5) is 23.5. The number of aliphatic carboxylic acids is 1. The molecule has 1 saturated heterocycles. The number of nitrogens with zero attached hydrogens (tertiary/aromatic N) is 2. The molecule has 3 N–H and O–H groups in total. The maximum absolute atomic E-state index is 11.0. The van der Waals surface area contributed by atoms with Gasteiger partial charge in [0, 0.05) is 31.3 Å². The van der Waals surface area contributed by atoms with E-state index in [1.165, 1.54) is 6.07 Å². The van der Waals surface area contributed by atoms with Crippen LogP contribution in [0.3, 0.4) is 0 Å². The molecular weight excluding hydrogens is 262 g/mol. The number of carbonyl (C=O) groups is 1. The fourth-order valence-electron chi connectivity index (χ4n) is 2.46. The standard InChI is InChI=1S/C13H17N3O4/c14-13(12(17)18)6-8-15(9-13)7-5-10-3-1-2-4-11(10)16(19)20/h1-4H,5-9,14H2,(H,17,18). The first-order valence-corrected chi connectivity index (χ1v) is 6.39. The lowest BCUT2D eigenvalue weighted by atomic mass is 10.0. The summed E-state index contributed by atoms with van der Waals surface area (Å²) in [5, 5.41) is 20.0. The van der Waals surface area contributed by atoms with E-state index in [4.69, 9.17) is 10.8 Å². The minimum atomic E-state index is -1.19. The minimum Gasteiger partial charge on any atom is -0.480 e. The van der Waals surface area contributed by atoms with Crippen LogP contribution in [-0.4, -0.2) is 46.1 Å². The third-order valence-electron chi connectivity index (χ3n) is 3.69. The highest BCUT2D eigenvalue weighted by Gasteiger charge is 2.40. The molecule has 0 amide bonds. The zero-order chi connectivity index (χ0) is 14.8. The third-order valence-corrected chi connectivity index (χ3v) is 3.69. The number of carboxylic acid groups (broad SMARTS) is 1. The quantitative estimate of drug-likeness (QED) is 0.604. The molecule has 2 rings (SSSR count). The molecule has 108 valence electrons. The van der Waals surface area contributed by atoms with Crippen LogP contribution in [0.15, 0.2) is 24.3 Å². The zero-order valence-corrected chi connectivity index (χ0v) is 11.0. The Labute approximate surface area is 116 Å². The summed E-state index contributed by atoms with van der Waals surface area (Å²) < 4.78 is 0. The van der Waals surface area contributed by atoms with Crippen LogP contribution in [-0.2, 0) is 11.2 Å². The van der Waals surface area contributed by atoms with Crippen molar-refractivity contribution in [3.05, 3.63) is 39.9 Å². The van der Waals surface area contributed by atoms with Gasteiger partial charge >= 0.3 is 5.97 Å². The Morgan fingerprint density at radius 3 is 2.80 bits per heavy atom. The van der Waals surface area contributed by atoms with Gasteiger partial charge < -0.3 is 15.7 Å². The second-order valence-electron chi connectivity index (χ2n) is 5.12. The highest BCUT2D eigenvalue weighted by atomic mass is 16.6. The topological polar surface area (TPSA) is 110 Å². The van der Waals surface area contributed by atoms with Crippen molar-refractivity contribution in [2.45, 2.75) is 18.4 Å². The van der Waals surface area contributed by atoms with Gasteiger partial charge in [0.2, 0.25) is 0 Å². The number of nitrogens with two attached hydrogens (primary N) is 1. The van der Waals surface area contributed by atoms with E-state index >= 15 is 0 Å². The van der Waals surface area contributed by atoms with Crippen LogP contribution in [0.25, 0.3) is 0 Å². The second-order valence-corrected chi connectivity index (χ2v) is 5.12. The van der Waals surface area contributed by atoms with Crippen LogP contribution in [0.1, 0.15) is 12.0 Å². The van der Waals surface area contributed by atoms with Crippen LogP contribution in [0.4, 0.5) is 5.69 Å². The summed E-state index contributed by atoms with van der Waals surface area (Å²) in [5.74, 6) is -0.995. The van der Waals surface area contributed by atoms with Crippen LogP contribution in [0.5, 0.6) is 0 Å². The van der Waals surface area contributed by atoms with Crippen LogP contribution >= 0.6 is 0 Å². The number of nitro benzene ring substituents is 1. The summed E-state index contributed by atoms with van der Waals surface area (Å²) in [6.07, 6.45) is 0.909. The Morgan fingerprint density at radius 2 is 2.20 bits per heavy atom. The fraction of sp³-hybridized carbons (Fsp3) is 0.462. The number of para-hydroxylation sites is 1. The van der Waals surface area contributed by atoms with Crippen LogP contribution in [0, 0.1) is 10.1 Å². The van der Waals surface area contributed by atoms with Crippen molar-refractivity contribution in [3.63, 3.8) is 0 Å². The molecular formula is C13H17N3O4. The van der Waals surface area contributed by atoms with Gasteiger partial charge in [0.15, 0.2) is 0 Å². The van der Waals surface area contributed by atoms with Gasteiger partial charge in [-0.15, -0.1) is 0 Å². The number of carboxylic acids is 1.